The number of Topliss-reactive ketones (excluding diaryl/α,β-unsaturated/α-hetero) is 1. The molecule has 5 rings (SSSR count). The van der Waals surface area contributed by atoms with Crippen molar-refractivity contribution in [2.45, 2.75) is 31.6 Å². The van der Waals surface area contributed by atoms with Crippen LogP contribution in [0, 0.1) is 11.6 Å². The van der Waals surface area contributed by atoms with E-state index in [4.69, 9.17) is 16.0 Å². The molecule has 0 amide bonds. The molecule has 1 unspecified atom stereocenters. The summed E-state index contributed by atoms with van der Waals surface area (Å²) in [5, 5.41) is 10.5. The first-order valence-corrected chi connectivity index (χ1v) is 11.9. The third kappa shape index (κ3) is 5.24. The van der Waals surface area contributed by atoms with Crippen LogP contribution in [0.3, 0.4) is 0 Å². The Kier molecular flexibility index (Phi) is 6.70. The van der Waals surface area contributed by atoms with Crippen LogP contribution in [0.4, 0.5) is 8.78 Å². The predicted molar refractivity (Wildman–Crippen MR) is 134 cm³/mol. The first-order valence-electron chi connectivity index (χ1n) is 11.5. The molecule has 0 fully saturated rings. The summed E-state index contributed by atoms with van der Waals surface area (Å²) in [5.74, 6) is -1.26. The number of carbonyl (C=O) groups excluding carboxylic acids is 1. The normalized spacial score (nSPS) is 13.4. The summed E-state index contributed by atoms with van der Waals surface area (Å²) < 4.78 is 33.5. The quantitative estimate of drug-likeness (QED) is 0.273. The topological polar surface area (TPSA) is 63.3 Å². The van der Waals surface area contributed by atoms with Gasteiger partial charge in [0.1, 0.15) is 23.2 Å². The average Bonchev–Trinajstić information content (AvgIpc) is 3.46. The number of phenolic OH excluding ortho intramolecular Hbond substituents is 1. The molecule has 1 N–H and O–H groups in total. The number of fused-ring (bicyclic) bond motifs is 1. The smallest absolute Gasteiger partial charge is 0.181 e. The second kappa shape index (κ2) is 10.1. The molecule has 0 spiro atoms. The molecule has 1 heterocycles. The van der Waals surface area contributed by atoms with E-state index in [0.29, 0.717) is 28.5 Å². The van der Waals surface area contributed by atoms with Gasteiger partial charge < -0.3 is 9.52 Å². The van der Waals surface area contributed by atoms with E-state index >= 15 is 0 Å². The van der Waals surface area contributed by atoms with Crippen LogP contribution >= 0.6 is 11.6 Å². The molecule has 0 bridgehead atoms. The van der Waals surface area contributed by atoms with Crippen molar-refractivity contribution in [1.29, 1.82) is 0 Å². The molecule has 4 aromatic rings. The number of allylic oxidation sites excluding steroid dienone is 2. The third-order valence-electron chi connectivity index (χ3n) is 6.36. The first kappa shape index (κ1) is 23.9. The second-order valence-corrected chi connectivity index (χ2v) is 9.38. The number of aromatic hydroxyl groups is 1. The number of rotatable bonds is 8. The second-order valence-electron chi connectivity index (χ2n) is 8.95. The lowest BCUT2D eigenvalue weighted by Crippen LogP contribution is -2.12. The fourth-order valence-corrected chi connectivity index (χ4v) is 4.88. The minimum Gasteiger partial charge on any atom is -0.508 e. The number of ketones is 1. The number of phenols is 1. The lowest BCUT2D eigenvalue weighted by Gasteiger charge is -2.17. The van der Waals surface area contributed by atoms with Gasteiger partial charge in [-0.2, -0.15) is 0 Å². The van der Waals surface area contributed by atoms with Crippen LogP contribution < -0.4 is 0 Å². The average molecular weight is 506 g/mol. The number of hydrogen-bond acceptors (Lipinski definition) is 4. The number of oxazole rings is 1. The highest BCUT2D eigenvalue weighted by molar-refractivity contribution is 6.30. The first-order chi connectivity index (χ1) is 17.4. The van der Waals surface area contributed by atoms with E-state index < -0.39 is 17.6 Å². The lowest BCUT2D eigenvalue weighted by atomic mass is 9.87. The van der Waals surface area contributed by atoms with Crippen molar-refractivity contribution in [2.24, 2.45) is 0 Å². The van der Waals surface area contributed by atoms with Gasteiger partial charge in [-0.25, -0.2) is 13.8 Å². The third-order valence-corrected chi connectivity index (χ3v) is 6.61. The maximum atomic E-state index is 13.9. The Balaban J connectivity index is 1.44. The van der Waals surface area contributed by atoms with Gasteiger partial charge in [-0.05, 0) is 83.6 Å². The molecule has 0 aliphatic heterocycles. The molecule has 1 aromatic heterocycles. The SMILES string of the molecule is O=C(CC1=CCc2ccc(O)cc21)CC(Cc1cc(F)cc(F)c1)c1ncoc1-c1ccc(Cl)cc1. The molecule has 1 aliphatic carbocycles. The highest BCUT2D eigenvalue weighted by atomic mass is 35.5. The summed E-state index contributed by atoms with van der Waals surface area (Å²) >= 11 is 6.03. The van der Waals surface area contributed by atoms with E-state index in [2.05, 4.69) is 4.98 Å². The Morgan fingerprint density at radius 3 is 2.56 bits per heavy atom. The van der Waals surface area contributed by atoms with Crippen LogP contribution in [0.5, 0.6) is 5.75 Å². The number of hydrogen-bond donors (Lipinski definition) is 1. The molecule has 36 heavy (non-hydrogen) atoms. The van der Waals surface area contributed by atoms with E-state index in [9.17, 15) is 18.7 Å². The van der Waals surface area contributed by atoms with Crippen molar-refractivity contribution in [3.63, 3.8) is 0 Å². The fourth-order valence-electron chi connectivity index (χ4n) is 4.75. The van der Waals surface area contributed by atoms with Gasteiger partial charge in [-0.15, -0.1) is 0 Å². The molecule has 1 atom stereocenters. The van der Waals surface area contributed by atoms with Gasteiger partial charge in [-0.3, -0.25) is 4.79 Å². The zero-order valence-corrected chi connectivity index (χ0v) is 19.9. The fraction of sp³-hybridized carbons (Fsp3) is 0.172. The maximum absolute atomic E-state index is 13.9. The molecule has 7 heteroatoms. The molecule has 0 saturated heterocycles. The summed E-state index contributed by atoms with van der Waals surface area (Å²) in [7, 11) is 0. The van der Waals surface area contributed by atoms with Gasteiger partial charge in [0.25, 0.3) is 0 Å². The van der Waals surface area contributed by atoms with Crippen LogP contribution in [0.15, 0.2) is 77.6 Å². The van der Waals surface area contributed by atoms with Crippen LogP contribution in [-0.4, -0.2) is 15.9 Å². The summed E-state index contributed by atoms with van der Waals surface area (Å²) in [6, 6.07) is 15.5. The van der Waals surface area contributed by atoms with Gasteiger partial charge in [0.15, 0.2) is 12.2 Å². The van der Waals surface area contributed by atoms with E-state index in [1.54, 1.807) is 36.4 Å². The van der Waals surface area contributed by atoms with Gasteiger partial charge in [0.05, 0.1) is 5.69 Å². The Labute approximate surface area is 211 Å². The highest BCUT2D eigenvalue weighted by Gasteiger charge is 2.26. The van der Waals surface area contributed by atoms with E-state index in [1.165, 1.54) is 18.5 Å². The van der Waals surface area contributed by atoms with Crippen molar-refractivity contribution < 1.29 is 23.1 Å². The highest BCUT2D eigenvalue weighted by Crippen LogP contribution is 2.36. The Morgan fingerprint density at radius 1 is 1.06 bits per heavy atom. The van der Waals surface area contributed by atoms with Crippen molar-refractivity contribution in [2.75, 3.05) is 0 Å². The summed E-state index contributed by atoms with van der Waals surface area (Å²) in [4.78, 5) is 17.7. The monoisotopic (exact) mass is 505 g/mol. The summed E-state index contributed by atoms with van der Waals surface area (Å²) in [5.41, 5.74) is 4.48. The van der Waals surface area contributed by atoms with E-state index in [1.807, 2.05) is 12.1 Å². The molecular formula is C29H22ClF2NO3. The standard InChI is InChI=1S/C29H22ClF2NO3/c30-22-6-3-19(4-7-22)29-28(33-16-36-29)21(9-17-10-23(31)14-24(32)11-17)13-26(35)12-20-2-1-18-5-8-25(34)15-27(18)20/h2-8,10-11,14-16,21,34H,1,9,12-13H2. The van der Waals surface area contributed by atoms with Gasteiger partial charge in [0, 0.05) is 35.4 Å². The van der Waals surface area contributed by atoms with Crippen LogP contribution in [0.2, 0.25) is 5.02 Å². The van der Waals surface area contributed by atoms with Crippen LogP contribution in [0.1, 0.15) is 41.1 Å². The number of carbonyl (C=O) groups is 1. The van der Waals surface area contributed by atoms with Gasteiger partial charge in [-0.1, -0.05) is 23.7 Å². The molecule has 0 saturated carbocycles. The molecule has 1 aliphatic rings. The zero-order chi connectivity index (χ0) is 25.2. The van der Waals surface area contributed by atoms with Crippen molar-refractivity contribution >= 4 is 23.0 Å². The minimum atomic E-state index is -0.680. The van der Waals surface area contributed by atoms with E-state index in [-0.39, 0.29) is 30.8 Å². The minimum absolute atomic E-state index is 0.0515. The lowest BCUT2D eigenvalue weighted by molar-refractivity contribution is -0.118. The maximum Gasteiger partial charge on any atom is 0.181 e. The molecular weight excluding hydrogens is 484 g/mol. The number of nitrogens with zero attached hydrogens (tertiary/aromatic N) is 1. The molecule has 3 aromatic carbocycles. The predicted octanol–water partition coefficient (Wildman–Crippen LogP) is 7.29. The molecule has 182 valence electrons. The van der Waals surface area contributed by atoms with Gasteiger partial charge >= 0.3 is 0 Å². The van der Waals surface area contributed by atoms with E-state index in [0.717, 1.165) is 28.3 Å². The Bertz CT molecular complexity index is 1440. The van der Waals surface area contributed by atoms with Crippen LogP contribution in [-0.2, 0) is 17.6 Å². The molecule has 4 nitrogen and oxygen atoms in total. The zero-order valence-electron chi connectivity index (χ0n) is 19.2. The van der Waals surface area contributed by atoms with Crippen LogP contribution in [0.25, 0.3) is 16.9 Å². The summed E-state index contributed by atoms with van der Waals surface area (Å²) in [6.45, 7) is 0. The van der Waals surface area contributed by atoms with Crippen molar-refractivity contribution in [1.82, 2.24) is 4.98 Å². The Hall–Kier alpha value is -3.77. The molecule has 0 radical (unpaired) electrons. The summed E-state index contributed by atoms with van der Waals surface area (Å²) in [6.07, 6.45) is 4.48. The van der Waals surface area contributed by atoms with Gasteiger partial charge in [0.2, 0.25) is 0 Å². The number of aromatic nitrogens is 1. The Morgan fingerprint density at radius 2 is 1.81 bits per heavy atom. The van der Waals surface area contributed by atoms with Crippen molar-refractivity contribution in [3.05, 3.63) is 112 Å². The largest absolute Gasteiger partial charge is 0.508 e. The van der Waals surface area contributed by atoms with Crippen molar-refractivity contribution in [3.8, 4) is 17.1 Å². The number of benzene rings is 3. The number of halogens is 3.